The molecule has 0 aromatic heterocycles. The van der Waals surface area contributed by atoms with Crippen LogP contribution in [-0.2, 0) is 29.2 Å². The Bertz CT molecular complexity index is 450. The zero-order valence-electron chi connectivity index (χ0n) is 10.5. The number of halogens is 2. The van der Waals surface area contributed by atoms with E-state index in [4.69, 9.17) is 4.55 Å². The van der Waals surface area contributed by atoms with Crippen molar-refractivity contribution in [2.24, 2.45) is 5.41 Å². The van der Waals surface area contributed by atoms with Crippen LogP contribution in [0.5, 0.6) is 0 Å². The molecule has 0 fully saturated rings. The summed E-state index contributed by atoms with van der Waals surface area (Å²) in [7, 11) is -5.67. The Kier molecular flexibility index (Phi) is 5.39. The molecule has 10 heteroatoms. The van der Waals surface area contributed by atoms with Gasteiger partial charge < -0.3 is 9.47 Å². The Morgan fingerprint density at radius 3 is 2.00 bits per heavy atom. The van der Waals surface area contributed by atoms with Crippen LogP contribution in [0.4, 0.5) is 8.78 Å². The molecule has 0 aliphatic heterocycles. The number of esters is 2. The molecule has 0 aliphatic carbocycles. The van der Waals surface area contributed by atoms with Crippen LogP contribution in [0.2, 0.25) is 0 Å². The Hall–Kier alpha value is -1.29. The number of carbonyl (C=O) groups is 2. The van der Waals surface area contributed by atoms with Gasteiger partial charge in [-0.15, -0.1) is 0 Å². The van der Waals surface area contributed by atoms with E-state index in [1.54, 1.807) is 0 Å². The molecule has 0 radical (unpaired) electrons. The van der Waals surface area contributed by atoms with Crippen LogP contribution in [0.1, 0.15) is 20.8 Å². The molecule has 0 saturated carbocycles. The van der Waals surface area contributed by atoms with Crippen molar-refractivity contribution in [3.63, 3.8) is 0 Å². The number of ether oxygens (including phenoxy) is 2. The lowest BCUT2D eigenvalue weighted by Crippen LogP contribution is -2.35. The molecule has 0 heterocycles. The predicted molar refractivity (Wildman–Crippen MR) is 57.9 cm³/mol. The molecule has 0 atom stereocenters. The fraction of sp³-hybridized carbons (Fsp3) is 0.778. The van der Waals surface area contributed by atoms with Gasteiger partial charge in [-0.3, -0.25) is 9.35 Å². The molecular formula is C9H14F2O7S. The van der Waals surface area contributed by atoms with E-state index in [0.717, 1.165) is 0 Å². The first-order chi connectivity index (χ1) is 8.27. The van der Waals surface area contributed by atoms with E-state index >= 15 is 0 Å². The van der Waals surface area contributed by atoms with Crippen LogP contribution in [0, 0.1) is 5.41 Å². The smallest absolute Gasteiger partial charge is 0.402 e. The van der Waals surface area contributed by atoms with Crippen molar-refractivity contribution < 1.29 is 40.8 Å². The van der Waals surface area contributed by atoms with Crippen molar-refractivity contribution in [3.8, 4) is 0 Å². The maximum absolute atomic E-state index is 12.7. The third-order valence-corrected chi connectivity index (χ3v) is 2.58. The first-order valence-corrected chi connectivity index (χ1v) is 6.39. The van der Waals surface area contributed by atoms with E-state index in [-0.39, 0.29) is 0 Å². The monoisotopic (exact) mass is 304 g/mol. The topological polar surface area (TPSA) is 107 Å². The molecule has 7 nitrogen and oxygen atoms in total. The van der Waals surface area contributed by atoms with E-state index in [0.29, 0.717) is 0 Å². The standard InChI is InChI=1S/C9H14F2O7S/c1-8(2,3)7(13)17-4-6(12)18-5-9(10,11)19(14,15)16/h4-5H2,1-3H3,(H,14,15,16). The number of hydrogen-bond acceptors (Lipinski definition) is 6. The highest BCUT2D eigenvalue weighted by Crippen LogP contribution is 2.20. The fourth-order valence-electron chi connectivity index (χ4n) is 0.622. The summed E-state index contributed by atoms with van der Waals surface area (Å²) in [5, 5.41) is -4.61. The Balaban J connectivity index is 4.27. The van der Waals surface area contributed by atoms with Gasteiger partial charge in [0.1, 0.15) is 0 Å². The van der Waals surface area contributed by atoms with Crippen molar-refractivity contribution in [1.29, 1.82) is 0 Å². The summed E-state index contributed by atoms with van der Waals surface area (Å²) in [4.78, 5) is 22.2. The predicted octanol–water partition coefficient (Wildman–Crippen LogP) is 0.600. The average Bonchev–Trinajstić information content (AvgIpc) is 2.20. The molecule has 0 rings (SSSR count). The van der Waals surface area contributed by atoms with E-state index in [1.807, 2.05) is 0 Å². The minimum Gasteiger partial charge on any atom is -0.455 e. The zero-order chi connectivity index (χ0) is 15.5. The molecule has 0 bridgehead atoms. The van der Waals surface area contributed by atoms with Crippen molar-refractivity contribution >= 4 is 22.1 Å². The van der Waals surface area contributed by atoms with Gasteiger partial charge in [-0.25, -0.2) is 4.79 Å². The number of carbonyl (C=O) groups excluding carboxylic acids is 2. The van der Waals surface area contributed by atoms with Gasteiger partial charge in [-0.1, -0.05) is 0 Å². The summed E-state index contributed by atoms with van der Waals surface area (Å²) in [6.07, 6.45) is 0. The summed E-state index contributed by atoms with van der Waals surface area (Å²) in [6, 6.07) is 0. The van der Waals surface area contributed by atoms with Crippen molar-refractivity contribution in [3.05, 3.63) is 0 Å². The quantitative estimate of drug-likeness (QED) is 0.585. The third kappa shape index (κ3) is 5.92. The first kappa shape index (κ1) is 17.7. The largest absolute Gasteiger partial charge is 0.455 e. The van der Waals surface area contributed by atoms with Crippen LogP contribution in [-0.4, -0.2) is 43.4 Å². The van der Waals surface area contributed by atoms with Crippen molar-refractivity contribution in [1.82, 2.24) is 0 Å². The van der Waals surface area contributed by atoms with Crippen molar-refractivity contribution in [2.75, 3.05) is 13.2 Å². The highest BCUT2D eigenvalue weighted by atomic mass is 32.2. The normalized spacial score (nSPS) is 12.9. The van der Waals surface area contributed by atoms with Crippen LogP contribution < -0.4 is 0 Å². The van der Waals surface area contributed by atoms with E-state index in [2.05, 4.69) is 9.47 Å². The van der Waals surface area contributed by atoms with Crippen LogP contribution in [0.3, 0.4) is 0 Å². The second kappa shape index (κ2) is 5.78. The molecular weight excluding hydrogens is 290 g/mol. The summed E-state index contributed by atoms with van der Waals surface area (Å²) in [5.74, 6) is -2.12. The highest BCUT2D eigenvalue weighted by molar-refractivity contribution is 7.86. The molecule has 0 spiro atoms. The minimum absolute atomic E-state index is 0.758. The van der Waals surface area contributed by atoms with Gasteiger partial charge in [0.15, 0.2) is 13.2 Å². The van der Waals surface area contributed by atoms with Gasteiger partial charge in [-0.2, -0.15) is 17.2 Å². The lowest BCUT2D eigenvalue weighted by atomic mass is 9.97. The van der Waals surface area contributed by atoms with Gasteiger partial charge >= 0.3 is 27.3 Å². The molecule has 1 N–H and O–H groups in total. The number of alkyl halides is 2. The average molecular weight is 304 g/mol. The zero-order valence-corrected chi connectivity index (χ0v) is 11.3. The molecule has 0 unspecified atom stereocenters. The number of rotatable bonds is 5. The molecule has 0 amide bonds. The lowest BCUT2D eigenvalue weighted by molar-refractivity contribution is -0.166. The Morgan fingerprint density at radius 1 is 1.16 bits per heavy atom. The first-order valence-electron chi connectivity index (χ1n) is 4.95. The maximum atomic E-state index is 12.7. The minimum atomic E-state index is -5.67. The van der Waals surface area contributed by atoms with Crippen LogP contribution in [0.25, 0.3) is 0 Å². The van der Waals surface area contributed by atoms with E-state index in [9.17, 15) is 26.8 Å². The van der Waals surface area contributed by atoms with Gasteiger partial charge in [0, 0.05) is 0 Å². The Labute approximate surface area is 108 Å². The highest BCUT2D eigenvalue weighted by Gasteiger charge is 2.45. The van der Waals surface area contributed by atoms with Gasteiger partial charge in [-0.05, 0) is 20.8 Å². The molecule has 0 aromatic carbocycles. The van der Waals surface area contributed by atoms with Gasteiger partial charge in [0.25, 0.3) is 0 Å². The van der Waals surface area contributed by atoms with Crippen molar-refractivity contribution in [2.45, 2.75) is 26.0 Å². The second-order valence-corrected chi connectivity index (χ2v) is 6.15. The second-order valence-electron chi connectivity index (χ2n) is 4.60. The molecule has 0 saturated heterocycles. The maximum Gasteiger partial charge on any atom is 0.402 e. The molecule has 0 aliphatic rings. The number of hydrogen-bond donors (Lipinski definition) is 1. The SMILES string of the molecule is CC(C)(C)C(=O)OCC(=O)OCC(F)(F)S(=O)(=O)O. The lowest BCUT2D eigenvalue weighted by Gasteiger charge is -2.16. The van der Waals surface area contributed by atoms with Gasteiger partial charge in [0.2, 0.25) is 0 Å². The molecule has 0 aromatic rings. The van der Waals surface area contributed by atoms with Crippen LogP contribution >= 0.6 is 0 Å². The third-order valence-electron chi connectivity index (χ3n) is 1.71. The Morgan fingerprint density at radius 2 is 1.63 bits per heavy atom. The summed E-state index contributed by atoms with van der Waals surface area (Å²) in [5.41, 5.74) is -0.890. The summed E-state index contributed by atoms with van der Waals surface area (Å²) >= 11 is 0. The molecule has 112 valence electrons. The summed E-state index contributed by atoms with van der Waals surface area (Å²) in [6.45, 7) is 1.73. The molecule has 19 heavy (non-hydrogen) atoms. The van der Waals surface area contributed by atoms with Crippen LogP contribution in [0.15, 0.2) is 0 Å². The fourth-order valence-corrected chi connectivity index (χ4v) is 0.829. The summed E-state index contributed by atoms with van der Waals surface area (Å²) < 4.78 is 62.2. The van der Waals surface area contributed by atoms with E-state index < -0.39 is 45.9 Å². The van der Waals surface area contributed by atoms with E-state index in [1.165, 1.54) is 20.8 Å². The van der Waals surface area contributed by atoms with Gasteiger partial charge in [0.05, 0.1) is 5.41 Å².